The second kappa shape index (κ2) is 7.28. The number of alkyl halides is 1. The van der Waals surface area contributed by atoms with Crippen LogP contribution >= 0.6 is 31.9 Å². The lowest BCUT2D eigenvalue weighted by molar-refractivity contribution is 0.254. The van der Waals surface area contributed by atoms with E-state index in [0.717, 1.165) is 18.2 Å². The van der Waals surface area contributed by atoms with Crippen LogP contribution in [0.3, 0.4) is 0 Å². The molecule has 0 fully saturated rings. The molecule has 0 aliphatic carbocycles. The summed E-state index contributed by atoms with van der Waals surface area (Å²) in [5, 5.41) is 0.917. The summed E-state index contributed by atoms with van der Waals surface area (Å²) in [6.07, 6.45) is 2.25. The molecule has 0 bridgehead atoms. The highest BCUT2D eigenvalue weighted by Gasteiger charge is 2.08. The quantitative estimate of drug-likeness (QED) is 0.669. The van der Waals surface area contributed by atoms with Crippen LogP contribution in [0.25, 0.3) is 0 Å². The van der Waals surface area contributed by atoms with E-state index >= 15 is 0 Å². The Hall–Kier alpha value is -0.0900. The van der Waals surface area contributed by atoms with Crippen LogP contribution in [0.1, 0.15) is 19.8 Å². The smallest absolute Gasteiger partial charge is 0.141 e. The van der Waals surface area contributed by atoms with Gasteiger partial charge in [-0.15, -0.1) is 0 Å². The molecule has 4 heteroatoms. The molecule has 1 aromatic rings. The van der Waals surface area contributed by atoms with Gasteiger partial charge in [0.25, 0.3) is 0 Å². The summed E-state index contributed by atoms with van der Waals surface area (Å²) in [6, 6.07) is 4.83. The lowest BCUT2D eigenvalue weighted by Gasteiger charge is -2.14. The zero-order valence-electron chi connectivity index (χ0n) is 9.18. The fraction of sp³-hybridized carbons (Fsp3) is 0.500. The highest BCUT2D eigenvalue weighted by molar-refractivity contribution is 9.10. The lowest BCUT2D eigenvalue weighted by Crippen LogP contribution is -2.13. The molecule has 0 spiro atoms. The Morgan fingerprint density at radius 1 is 1.44 bits per heavy atom. The summed E-state index contributed by atoms with van der Waals surface area (Å²) < 4.78 is 19.2. The summed E-state index contributed by atoms with van der Waals surface area (Å²) in [5.41, 5.74) is 0. The van der Waals surface area contributed by atoms with Crippen molar-refractivity contribution < 1.29 is 9.13 Å². The van der Waals surface area contributed by atoms with E-state index in [0.29, 0.717) is 22.7 Å². The number of hydrogen-bond donors (Lipinski definition) is 0. The fourth-order valence-electron chi connectivity index (χ4n) is 1.39. The van der Waals surface area contributed by atoms with Gasteiger partial charge in [0.2, 0.25) is 0 Å². The van der Waals surface area contributed by atoms with Crippen LogP contribution in [0, 0.1) is 11.7 Å². The van der Waals surface area contributed by atoms with Gasteiger partial charge in [0.05, 0.1) is 11.1 Å². The third kappa shape index (κ3) is 4.42. The summed E-state index contributed by atoms with van der Waals surface area (Å²) in [6.45, 7) is 2.77. The Labute approximate surface area is 113 Å². The number of halogens is 3. The van der Waals surface area contributed by atoms with Gasteiger partial charge >= 0.3 is 0 Å². The van der Waals surface area contributed by atoms with Crippen LogP contribution in [0.15, 0.2) is 22.7 Å². The molecular formula is C12H15Br2FO. The molecule has 90 valence electrons. The van der Waals surface area contributed by atoms with Gasteiger partial charge in [0.1, 0.15) is 11.6 Å². The maximum absolute atomic E-state index is 13.2. The van der Waals surface area contributed by atoms with E-state index in [1.54, 1.807) is 12.1 Å². The molecule has 0 saturated carbocycles. The molecule has 16 heavy (non-hydrogen) atoms. The minimum Gasteiger partial charge on any atom is -0.493 e. The molecule has 1 aromatic carbocycles. The lowest BCUT2D eigenvalue weighted by atomic mass is 10.1. The van der Waals surface area contributed by atoms with Crippen LogP contribution in [0.2, 0.25) is 0 Å². The van der Waals surface area contributed by atoms with E-state index in [1.807, 2.05) is 0 Å². The Balaban J connectivity index is 2.50. The maximum Gasteiger partial charge on any atom is 0.141 e. The van der Waals surface area contributed by atoms with Crippen LogP contribution in [0.5, 0.6) is 5.75 Å². The van der Waals surface area contributed by atoms with E-state index < -0.39 is 0 Å². The zero-order valence-corrected chi connectivity index (χ0v) is 12.4. The molecule has 1 unspecified atom stereocenters. The molecule has 0 aliphatic rings. The predicted molar refractivity (Wildman–Crippen MR) is 71.8 cm³/mol. The predicted octanol–water partition coefficient (Wildman–Crippen LogP) is 4.78. The number of ether oxygens (including phenoxy) is 1. The van der Waals surface area contributed by atoms with Crippen molar-refractivity contribution in [1.82, 2.24) is 0 Å². The third-order valence-electron chi connectivity index (χ3n) is 2.29. The average molecular weight is 354 g/mol. The maximum atomic E-state index is 13.2. The molecule has 0 saturated heterocycles. The number of benzene rings is 1. The van der Waals surface area contributed by atoms with Gasteiger partial charge in [0, 0.05) is 17.3 Å². The summed E-state index contributed by atoms with van der Waals surface area (Å²) in [7, 11) is 0. The van der Waals surface area contributed by atoms with Crippen LogP contribution in [0.4, 0.5) is 4.39 Å². The Morgan fingerprint density at radius 3 is 2.75 bits per heavy atom. The summed E-state index contributed by atoms with van der Waals surface area (Å²) >= 11 is 6.56. The molecular weight excluding hydrogens is 339 g/mol. The van der Waals surface area contributed by atoms with Crippen molar-refractivity contribution in [2.75, 3.05) is 11.9 Å². The highest BCUT2D eigenvalue weighted by atomic mass is 79.9. The normalized spacial score (nSPS) is 12.5. The second-order valence-electron chi connectivity index (χ2n) is 3.70. The van der Waals surface area contributed by atoms with Gasteiger partial charge in [-0.25, -0.2) is 4.39 Å². The highest BCUT2D eigenvalue weighted by Crippen LogP contribution is 2.22. The van der Waals surface area contributed by atoms with Crippen molar-refractivity contribution in [3.63, 3.8) is 0 Å². The molecule has 0 amide bonds. The first-order valence-corrected chi connectivity index (χ1v) is 7.22. The minimum atomic E-state index is -0.289. The summed E-state index contributed by atoms with van der Waals surface area (Å²) in [5.74, 6) is 0.780. The van der Waals surface area contributed by atoms with Gasteiger partial charge in [0.15, 0.2) is 0 Å². The minimum absolute atomic E-state index is 0.289. The molecule has 0 radical (unpaired) electrons. The number of rotatable bonds is 6. The van der Waals surface area contributed by atoms with Gasteiger partial charge in [-0.3, -0.25) is 0 Å². The average Bonchev–Trinajstić information content (AvgIpc) is 2.28. The van der Waals surface area contributed by atoms with E-state index in [9.17, 15) is 4.39 Å². The van der Waals surface area contributed by atoms with Crippen molar-refractivity contribution in [3.05, 3.63) is 28.5 Å². The van der Waals surface area contributed by atoms with Crippen LogP contribution in [-0.4, -0.2) is 11.9 Å². The van der Waals surface area contributed by atoms with Gasteiger partial charge in [-0.05, 0) is 34.5 Å². The van der Waals surface area contributed by atoms with Gasteiger partial charge in [-0.1, -0.05) is 29.3 Å². The Bertz CT molecular complexity index is 331. The monoisotopic (exact) mass is 352 g/mol. The SMILES string of the molecule is CCCC(CBr)COc1ccc(Br)c(F)c1. The fourth-order valence-corrected chi connectivity index (χ4v) is 2.15. The Morgan fingerprint density at radius 2 is 2.19 bits per heavy atom. The molecule has 1 rings (SSSR count). The second-order valence-corrected chi connectivity index (χ2v) is 5.20. The Kier molecular flexibility index (Phi) is 6.36. The van der Waals surface area contributed by atoms with Crippen molar-refractivity contribution in [2.45, 2.75) is 19.8 Å². The van der Waals surface area contributed by atoms with Crippen molar-refractivity contribution in [2.24, 2.45) is 5.92 Å². The van der Waals surface area contributed by atoms with Crippen LogP contribution < -0.4 is 4.74 Å². The summed E-state index contributed by atoms with van der Waals surface area (Å²) in [4.78, 5) is 0. The van der Waals surface area contributed by atoms with Gasteiger partial charge in [-0.2, -0.15) is 0 Å². The van der Waals surface area contributed by atoms with E-state index in [1.165, 1.54) is 6.07 Å². The first-order chi connectivity index (χ1) is 7.67. The van der Waals surface area contributed by atoms with E-state index in [2.05, 4.69) is 38.8 Å². The van der Waals surface area contributed by atoms with Gasteiger partial charge < -0.3 is 4.74 Å². The largest absolute Gasteiger partial charge is 0.493 e. The zero-order chi connectivity index (χ0) is 12.0. The van der Waals surface area contributed by atoms with Crippen molar-refractivity contribution in [1.29, 1.82) is 0 Å². The first-order valence-electron chi connectivity index (χ1n) is 5.31. The molecule has 0 aliphatic heterocycles. The molecule has 0 N–H and O–H groups in total. The first kappa shape index (κ1) is 14.0. The van der Waals surface area contributed by atoms with Crippen LogP contribution in [-0.2, 0) is 0 Å². The number of hydrogen-bond acceptors (Lipinski definition) is 1. The van der Waals surface area contributed by atoms with E-state index in [-0.39, 0.29) is 5.82 Å². The van der Waals surface area contributed by atoms with Crippen molar-refractivity contribution in [3.8, 4) is 5.75 Å². The molecule has 0 aromatic heterocycles. The molecule has 0 heterocycles. The topological polar surface area (TPSA) is 9.23 Å². The standard InChI is InChI=1S/C12H15Br2FO/c1-2-3-9(7-13)8-16-10-4-5-11(14)12(15)6-10/h4-6,9H,2-3,7-8H2,1H3. The molecule has 1 nitrogen and oxygen atoms in total. The molecule has 1 atom stereocenters. The third-order valence-corrected chi connectivity index (χ3v) is 3.85. The van der Waals surface area contributed by atoms with E-state index in [4.69, 9.17) is 4.74 Å². The van der Waals surface area contributed by atoms with Crippen molar-refractivity contribution >= 4 is 31.9 Å².